The second-order valence-corrected chi connectivity index (χ2v) is 6.48. The van der Waals surface area contributed by atoms with E-state index in [2.05, 4.69) is 0 Å². The van der Waals surface area contributed by atoms with Gasteiger partial charge in [-0.1, -0.05) is 12.1 Å². The maximum Gasteiger partial charge on any atom is 0.314 e. The molecule has 0 atom stereocenters. The molecule has 2 aliphatic rings. The Morgan fingerprint density at radius 3 is 2.77 bits per heavy atom. The molecule has 1 aliphatic heterocycles. The Morgan fingerprint density at radius 2 is 2.04 bits per heavy atom. The second kappa shape index (κ2) is 6.33. The molecule has 1 saturated carbocycles. The second-order valence-electron chi connectivity index (χ2n) is 6.48. The van der Waals surface area contributed by atoms with Crippen molar-refractivity contribution < 1.29 is 23.8 Å². The molecular weight excluding hydrogens is 332 g/mol. The molecule has 2 aromatic rings. The van der Waals surface area contributed by atoms with Crippen molar-refractivity contribution in [3.8, 4) is 17.2 Å². The highest BCUT2D eigenvalue weighted by Gasteiger charge is 2.34. The van der Waals surface area contributed by atoms with Crippen molar-refractivity contribution in [2.24, 2.45) is 5.92 Å². The lowest BCUT2D eigenvalue weighted by Crippen LogP contribution is -2.10. The van der Waals surface area contributed by atoms with Crippen LogP contribution in [0.2, 0.25) is 0 Å². The summed E-state index contributed by atoms with van der Waals surface area (Å²) < 4.78 is 16.5. The van der Waals surface area contributed by atoms with E-state index in [1.165, 1.54) is 0 Å². The molecule has 4 rings (SSSR count). The van der Waals surface area contributed by atoms with Gasteiger partial charge >= 0.3 is 5.97 Å². The summed E-state index contributed by atoms with van der Waals surface area (Å²) in [6.07, 6.45) is 3.44. The van der Waals surface area contributed by atoms with E-state index in [1.54, 1.807) is 32.2 Å². The normalized spacial score (nSPS) is 17.0. The van der Waals surface area contributed by atoms with Crippen molar-refractivity contribution in [2.45, 2.75) is 19.8 Å². The summed E-state index contributed by atoms with van der Waals surface area (Å²) in [5.74, 6) is 1.43. The molecule has 0 saturated heterocycles. The summed E-state index contributed by atoms with van der Waals surface area (Å²) in [4.78, 5) is 24.5. The number of carbonyl (C=O) groups excluding carboxylic acids is 2. The molecule has 5 heteroatoms. The smallest absolute Gasteiger partial charge is 0.314 e. The van der Waals surface area contributed by atoms with Gasteiger partial charge in [-0.05, 0) is 55.7 Å². The van der Waals surface area contributed by atoms with E-state index in [4.69, 9.17) is 14.2 Å². The summed E-state index contributed by atoms with van der Waals surface area (Å²) in [5, 5.41) is 0. The highest BCUT2D eigenvalue weighted by Crippen LogP contribution is 2.40. The van der Waals surface area contributed by atoms with Gasteiger partial charge in [0.05, 0.1) is 18.6 Å². The summed E-state index contributed by atoms with van der Waals surface area (Å²) >= 11 is 0. The van der Waals surface area contributed by atoms with Crippen molar-refractivity contribution >= 4 is 17.8 Å². The van der Waals surface area contributed by atoms with Crippen LogP contribution in [-0.4, -0.2) is 18.9 Å². The van der Waals surface area contributed by atoms with Gasteiger partial charge in [-0.3, -0.25) is 9.59 Å². The number of methoxy groups -OCH3 is 1. The quantitative estimate of drug-likeness (QED) is 0.475. The molecule has 26 heavy (non-hydrogen) atoms. The predicted octanol–water partition coefficient (Wildman–Crippen LogP) is 3.94. The summed E-state index contributed by atoms with van der Waals surface area (Å²) in [5.41, 5.74) is 1.93. The number of fused-ring (bicyclic) bond motifs is 1. The van der Waals surface area contributed by atoms with E-state index in [0.29, 0.717) is 28.4 Å². The number of hydrogen-bond donors (Lipinski definition) is 0. The van der Waals surface area contributed by atoms with Gasteiger partial charge in [0.1, 0.15) is 17.2 Å². The fourth-order valence-corrected chi connectivity index (χ4v) is 2.87. The lowest BCUT2D eigenvalue weighted by Gasteiger charge is -2.09. The van der Waals surface area contributed by atoms with Crippen LogP contribution in [0.1, 0.15) is 34.3 Å². The first-order valence-corrected chi connectivity index (χ1v) is 8.50. The number of Topliss-reactive ketones (excluding diaryl/α,β-unsaturated/α-hetero) is 1. The molecule has 0 radical (unpaired) electrons. The Bertz CT molecular complexity index is 937. The summed E-state index contributed by atoms with van der Waals surface area (Å²) in [6.45, 7) is 1.79. The van der Waals surface area contributed by atoms with Crippen molar-refractivity contribution in [1.29, 1.82) is 0 Å². The Morgan fingerprint density at radius 1 is 1.23 bits per heavy atom. The third kappa shape index (κ3) is 2.96. The fraction of sp³-hybridized carbons (Fsp3) is 0.238. The van der Waals surface area contributed by atoms with Gasteiger partial charge in [-0.25, -0.2) is 0 Å². The third-order valence-electron chi connectivity index (χ3n) is 4.55. The van der Waals surface area contributed by atoms with Crippen LogP contribution in [0.3, 0.4) is 0 Å². The predicted molar refractivity (Wildman–Crippen MR) is 95.5 cm³/mol. The standard InChI is InChI=1S/C21H18O5/c1-12-17(26-21(23)14-6-7-14)9-8-16-19(22)18(25-20(12)16)11-13-4-3-5-15(10-13)24-2/h3-5,8-11,14H,6-7H2,1-2H3/b18-11-. The Labute approximate surface area is 151 Å². The molecule has 1 fully saturated rings. The molecule has 2 aromatic carbocycles. The van der Waals surface area contributed by atoms with Gasteiger partial charge in [0.25, 0.3) is 0 Å². The zero-order valence-electron chi connectivity index (χ0n) is 14.6. The molecule has 0 aromatic heterocycles. The molecule has 0 spiro atoms. The highest BCUT2D eigenvalue weighted by atomic mass is 16.5. The van der Waals surface area contributed by atoms with Crippen molar-refractivity contribution in [3.05, 3.63) is 58.8 Å². The number of hydrogen-bond acceptors (Lipinski definition) is 5. The lowest BCUT2D eigenvalue weighted by molar-refractivity contribution is -0.135. The zero-order chi connectivity index (χ0) is 18.3. The first-order valence-electron chi connectivity index (χ1n) is 8.50. The number of benzene rings is 2. The van der Waals surface area contributed by atoms with E-state index >= 15 is 0 Å². The van der Waals surface area contributed by atoms with E-state index in [9.17, 15) is 9.59 Å². The lowest BCUT2D eigenvalue weighted by atomic mass is 10.1. The van der Waals surface area contributed by atoms with Crippen LogP contribution >= 0.6 is 0 Å². The van der Waals surface area contributed by atoms with Gasteiger partial charge in [-0.15, -0.1) is 0 Å². The van der Waals surface area contributed by atoms with Crippen LogP contribution in [0.25, 0.3) is 6.08 Å². The molecular formula is C21H18O5. The number of rotatable bonds is 4. The maximum absolute atomic E-state index is 12.6. The molecule has 0 N–H and O–H groups in total. The largest absolute Gasteiger partial charge is 0.497 e. The van der Waals surface area contributed by atoms with Crippen molar-refractivity contribution in [3.63, 3.8) is 0 Å². The van der Waals surface area contributed by atoms with E-state index in [-0.39, 0.29) is 23.4 Å². The van der Waals surface area contributed by atoms with Crippen LogP contribution < -0.4 is 14.2 Å². The van der Waals surface area contributed by atoms with Crippen LogP contribution in [-0.2, 0) is 4.79 Å². The minimum absolute atomic E-state index is 0.00808. The van der Waals surface area contributed by atoms with E-state index < -0.39 is 0 Å². The van der Waals surface area contributed by atoms with Crippen LogP contribution in [0, 0.1) is 12.8 Å². The van der Waals surface area contributed by atoms with Crippen molar-refractivity contribution in [2.75, 3.05) is 7.11 Å². The average molecular weight is 350 g/mol. The summed E-state index contributed by atoms with van der Waals surface area (Å²) in [7, 11) is 1.59. The Kier molecular flexibility index (Phi) is 3.99. The van der Waals surface area contributed by atoms with Crippen LogP contribution in [0.5, 0.6) is 17.2 Å². The topological polar surface area (TPSA) is 61.8 Å². The van der Waals surface area contributed by atoms with Gasteiger partial charge in [-0.2, -0.15) is 0 Å². The van der Waals surface area contributed by atoms with E-state index in [0.717, 1.165) is 18.4 Å². The molecule has 0 amide bonds. The van der Waals surface area contributed by atoms with Gasteiger partial charge in [0.15, 0.2) is 5.76 Å². The average Bonchev–Trinajstić information content (AvgIpc) is 3.45. The van der Waals surface area contributed by atoms with Gasteiger partial charge < -0.3 is 14.2 Å². The monoisotopic (exact) mass is 350 g/mol. The minimum Gasteiger partial charge on any atom is -0.497 e. The number of carbonyl (C=O) groups is 2. The van der Waals surface area contributed by atoms with E-state index in [1.807, 2.05) is 24.3 Å². The van der Waals surface area contributed by atoms with Crippen LogP contribution in [0.15, 0.2) is 42.2 Å². The number of esters is 1. The minimum atomic E-state index is -0.218. The molecule has 1 aliphatic carbocycles. The highest BCUT2D eigenvalue weighted by molar-refractivity contribution is 6.15. The number of allylic oxidation sites excluding steroid dienone is 1. The number of ether oxygens (including phenoxy) is 3. The molecule has 5 nitrogen and oxygen atoms in total. The molecule has 0 bridgehead atoms. The molecule has 0 unspecified atom stereocenters. The zero-order valence-corrected chi connectivity index (χ0v) is 14.6. The summed E-state index contributed by atoms with van der Waals surface area (Å²) in [6, 6.07) is 10.7. The van der Waals surface area contributed by atoms with Crippen LogP contribution in [0.4, 0.5) is 0 Å². The SMILES string of the molecule is COc1cccc(/C=C2\Oc3c(ccc(OC(=O)C4CC4)c3C)C2=O)c1. The molecule has 1 heterocycles. The first-order chi connectivity index (χ1) is 12.6. The molecule has 132 valence electrons. The van der Waals surface area contributed by atoms with Crippen molar-refractivity contribution in [1.82, 2.24) is 0 Å². The fourth-order valence-electron chi connectivity index (χ4n) is 2.87. The van der Waals surface area contributed by atoms with Gasteiger partial charge in [0.2, 0.25) is 5.78 Å². The maximum atomic E-state index is 12.6. The Hall–Kier alpha value is -3.08. The Balaban J connectivity index is 1.63. The first kappa shape index (κ1) is 16.4. The number of ketones is 1. The third-order valence-corrected chi connectivity index (χ3v) is 4.55. The van der Waals surface area contributed by atoms with Gasteiger partial charge in [0, 0.05) is 5.56 Å².